The SMILES string of the molecule is O=C(NS(=O)(=O)c1ccccc1-c1ccccc1)c1cc2ccc(N3CCCCC3)cc2o1. The molecule has 1 amide bonds. The molecule has 168 valence electrons. The largest absolute Gasteiger partial charge is 0.451 e. The quantitative estimate of drug-likeness (QED) is 0.442. The van der Waals surface area contributed by atoms with Crippen molar-refractivity contribution in [3.63, 3.8) is 0 Å². The number of piperidine rings is 1. The van der Waals surface area contributed by atoms with E-state index in [1.165, 1.54) is 12.5 Å². The number of carbonyl (C=O) groups excluding carboxylic acids is 1. The molecule has 1 aliphatic heterocycles. The molecule has 3 aromatic carbocycles. The van der Waals surface area contributed by atoms with Gasteiger partial charge in [-0.05, 0) is 49.1 Å². The highest BCUT2D eigenvalue weighted by Crippen LogP contribution is 2.29. The first-order valence-electron chi connectivity index (χ1n) is 11.0. The Bertz CT molecular complexity index is 1400. The van der Waals surface area contributed by atoms with Crippen LogP contribution in [0.5, 0.6) is 0 Å². The number of benzene rings is 3. The van der Waals surface area contributed by atoms with Crippen LogP contribution in [-0.2, 0) is 10.0 Å². The molecule has 6 nitrogen and oxygen atoms in total. The summed E-state index contributed by atoms with van der Waals surface area (Å²) in [7, 11) is -4.12. The fraction of sp³-hybridized carbons (Fsp3) is 0.192. The minimum absolute atomic E-state index is 0.0352. The molecule has 5 rings (SSSR count). The van der Waals surface area contributed by atoms with Gasteiger partial charge in [-0.15, -0.1) is 0 Å². The van der Waals surface area contributed by atoms with E-state index in [4.69, 9.17) is 4.42 Å². The third-order valence-electron chi connectivity index (χ3n) is 5.94. The van der Waals surface area contributed by atoms with Crippen molar-refractivity contribution in [3.8, 4) is 11.1 Å². The molecule has 7 heteroatoms. The number of anilines is 1. The summed E-state index contributed by atoms with van der Waals surface area (Å²) in [6.45, 7) is 2.00. The zero-order chi connectivity index (χ0) is 22.8. The molecule has 33 heavy (non-hydrogen) atoms. The lowest BCUT2D eigenvalue weighted by molar-refractivity contribution is 0.0956. The summed E-state index contributed by atoms with van der Waals surface area (Å²) < 4.78 is 34.1. The van der Waals surface area contributed by atoms with Gasteiger partial charge < -0.3 is 9.32 Å². The van der Waals surface area contributed by atoms with E-state index in [-0.39, 0.29) is 10.7 Å². The van der Waals surface area contributed by atoms with Gasteiger partial charge in [-0.3, -0.25) is 4.79 Å². The number of hydrogen-bond acceptors (Lipinski definition) is 5. The molecule has 1 saturated heterocycles. The van der Waals surface area contributed by atoms with E-state index in [1.54, 1.807) is 24.3 Å². The van der Waals surface area contributed by atoms with E-state index in [1.807, 2.05) is 48.5 Å². The molecule has 0 aliphatic carbocycles. The van der Waals surface area contributed by atoms with Crippen molar-refractivity contribution >= 4 is 32.6 Å². The molecule has 0 spiro atoms. The van der Waals surface area contributed by atoms with E-state index in [0.29, 0.717) is 11.1 Å². The summed E-state index contributed by atoms with van der Waals surface area (Å²) in [5, 5.41) is 0.753. The standard InChI is InChI=1S/C26H24N2O4S/c29-26(24-17-20-13-14-21(18-23(20)32-24)28-15-7-2-8-16-28)27-33(30,31)25-12-6-5-11-22(25)19-9-3-1-4-10-19/h1,3-6,9-14,17-18H,2,7-8,15-16H2,(H,27,29). The molecule has 1 fully saturated rings. The van der Waals surface area contributed by atoms with Crippen molar-refractivity contribution in [3.05, 3.63) is 84.6 Å². The molecule has 1 N–H and O–H groups in total. The fourth-order valence-corrected chi connectivity index (χ4v) is 5.45. The van der Waals surface area contributed by atoms with Crippen LogP contribution in [0.1, 0.15) is 29.8 Å². The van der Waals surface area contributed by atoms with Crippen LogP contribution in [0.15, 0.2) is 88.2 Å². The Labute approximate surface area is 192 Å². The van der Waals surface area contributed by atoms with Gasteiger partial charge in [-0.25, -0.2) is 13.1 Å². The van der Waals surface area contributed by atoms with Gasteiger partial charge in [0.05, 0.1) is 4.90 Å². The van der Waals surface area contributed by atoms with Gasteiger partial charge >= 0.3 is 5.91 Å². The van der Waals surface area contributed by atoms with E-state index in [9.17, 15) is 13.2 Å². The van der Waals surface area contributed by atoms with E-state index >= 15 is 0 Å². The highest BCUT2D eigenvalue weighted by Gasteiger charge is 2.24. The van der Waals surface area contributed by atoms with Crippen molar-refractivity contribution in [1.82, 2.24) is 4.72 Å². The van der Waals surface area contributed by atoms with Crippen molar-refractivity contribution in [2.75, 3.05) is 18.0 Å². The normalized spacial score (nSPS) is 14.4. The summed E-state index contributed by atoms with van der Waals surface area (Å²) in [4.78, 5) is 15.2. The van der Waals surface area contributed by atoms with Crippen molar-refractivity contribution in [2.24, 2.45) is 0 Å². The smallest absolute Gasteiger partial charge is 0.300 e. The van der Waals surface area contributed by atoms with Crippen LogP contribution < -0.4 is 9.62 Å². The van der Waals surface area contributed by atoms with Crippen LogP contribution in [-0.4, -0.2) is 27.4 Å². The minimum Gasteiger partial charge on any atom is -0.451 e. The number of nitrogens with one attached hydrogen (secondary N) is 1. The number of hydrogen-bond donors (Lipinski definition) is 1. The lowest BCUT2D eigenvalue weighted by atomic mass is 10.1. The maximum absolute atomic E-state index is 13.1. The molecular weight excluding hydrogens is 436 g/mol. The summed E-state index contributed by atoms with van der Waals surface area (Å²) in [5.41, 5.74) is 2.88. The molecule has 0 bridgehead atoms. The maximum Gasteiger partial charge on any atom is 0.300 e. The van der Waals surface area contributed by atoms with Crippen molar-refractivity contribution in [2.45, 2.75) is 24.2 Å². The number of fused-ring (bicyclic) bond motifs is 1. The zero-order valence-electron chi connectivity index (χ0n) is 18.0. The summed E-state index contributed by atoms with van der Waals surface area (Å²) in [5.74, 6) is -0.838. The third-order valence-corrected chi connectivity index (χ3v) is 7.33. The summed E-state index contributed by atoms with van der Waals surface area (Å²) in [6.07, 6.45) is 3.56. The van der Waals surface area contributed by atoms with E-state index < -0.39 is 15.9 Å². The second-order valence-electron chi connectivity index (χ2n) is 8.18. The van der Waals surface area contributed by atoms with Crippen LogP contribution in [0.2, 0.25) is 0 Å². The second-order valence-corrected chi connectivity index (χ2v) is 9.83. The number of sulfonamides is 1. The second kappa shape index (κ2) is 8.75. The first-order valence-corrected chi connectivity index (χ1v) is 12.5. The van der Waals surface area contributed by atoms with E-state index in [0.717, 1.165) is 42.6 Å². The first kappa shape index (κ1) is 21.3. The van der Waals surface area contributed by atoms with Gasteiger partial charge in [0.2, 0.25) is 0 Å². The van der Waals surface area contributed by atoms with Crippen LogP contribution in [0.3, 0.4) is 0 Å². The average molecular weight is 461 g/mol. The Kier molecular flexibility index (Phi) is 5.64. The Morgan fingerprint density at radius 3 is 2.36 bits per heavy atom. The zero-order valence-corrected chi connectivity index (χ0v) is 18.8. The predicted molar refractivity (Wildman–Crippen MR) is 129 cm³/mol. The number of rotatable bonds is 5. The Balaban J connectivity index is 1.41. The molecule has 0 unspecified atom stereocenters. The first-order chi connectivity index (χ1) is 16.0. The number of amides is 1. The minimum atomic E-state index is -4.12. The lowest BCUT2D eigenvalue weighted by Crippen LogP contribution is -2.30. The van der Waals surface area contributed by atoms with E-state index in [2.05, 4.69) is 9.62 Å². The summed E-state index contributed by atoms with van der Waals surface area (Å²) in [6, 6.07) is 23.2. The van der Waals surface area contributed by atoms with Crippen molar-refractivity contribution < 1.29 is 17.6 Å². The molecule has 0 radical (unpaired) electrons. The average Bonchev–Trinajstić information content (AvgIpc) is 3.29. The van der Waals surface area contributed by atoms with Gasteiger partial charge in [0, 0.05) is 35.8 Å². The van der Waals surface area contributed by atoms with Gasteiger partial charge in [-0.1, -0.05) is 48.5 Å². The molecule has 4 aromatic rings. The highest BCUT2D eigenvalue weighted by atomic mass is 32.2. The third kappa shape index (κ3) is 4.36. The van der Waals surface area contributed by atoms with Crippen LogP contribution in [0, 0.1) is 0 Å². The monoisotopic (exact) mass is 460 g/mol. The fourth-order valence-electron chi connectivity index (χ4n) is 4.27. The molecule has 1 aliphatic rings. The van der Waals surface area contributed by atoms with Crippen LogP contribution in [0.4, 0.5) is 5.69 Å². The number of carbonyl (C=O) groups is 1. The van der Waals surface area contributed by atoms with Crippen molar-refractivity contribution in [1.29, 1.82) is 0 Å². The van der Waals surface area contributed by atoms with Gasteiger partial charge in [-0.2, -0.15) is 0 Å². The van der Waals surface area contributed by atoms with Gasteiger partial charge in [0.1, 0.15) is 5.58 Å². The molecular formula is C26H24N2O4S. The highest BCUT2D eigenvalue weighted by molar-refractivity contribution is 7.90. The summed E-state index contributed by atoms with van der Waals surface area (Å²) >= 11 is 0. The Morgan fingerprint density at radius 1 is 0.848 bits per heavy atom. The number of nitrogens with zero attached hydrogens (tertiary/aromatic N) is 1. The molecule has 0 atom stereocenters. The maximum atomic E-state index is 13.1. The number of furan rings is 1. The van der Waals surface area contributed by atoms with Crippen LogP contribution in [0.25, 0.3) is 22.1 Å². The predicted octanol–water partition coefficient (Wildman–Crippen LogP) is 5.21. The lowest BCUT2D eigenvalue weighted by Gasteiger charge is -2.28. The molecule has 0 saturated carbocycles. The van der Waals surface area contributed by atoms with Gasteiger partial charge in [0.25, 0.3) is 10.0 Å². The topological polar surface area (TPSA) is 79.6 Å². The van der Waals surface area contributed by atoms with Crippen LogP contribution >= 0.6 is 0 Å². The Hall–Kier alpha value is -3.58. The van der Waals surface area contributed by atoms with Gasteiger partial charge in [0.15, 0.2) is 5.76 Å². The Morgan fingerprint density at radius 2 is 1.58 bits per heavy atom. The molecule has 1 aromatic heterocycles. The molecule has 2 heterocycles.